The van der Waals surface area contributed by atoms with Gasteiger partial charge in [-0.25, -0.2) is 8.42 Å². The zero-order valence-electron chi connectivity index (χ0n) is 23.3. The minimum absolute atomic E-state index is 0.0105. The van der Waals surface area contributed by atoms with Crippen LogP contribution in [0.5, 0.6) is 5.75 Å². The summed E-state index contributed by atoms with van der Waals surface area (Å²) >= 11 is 12.8. The summed E-state index contributed by atoms with van der Waals surface area (Å²) in [6.07, 6.45) is 1.67. The van der Waals surface area contributed by atoms with Gasteiger partial charge in [0.1, 0.15) is 18.3 Å². The maximum absolute atomic E-state index is 14.0. The van der Waals surface area contributed by atoms with Crippen LogP contribution < -0.4 is 14.4 Å². The molecule has 0 aliphatic carbocycles. The van der Waals surface area contributed by atoms with Crippen molar-refractivity contribution in [1.82, 2.24) is 10.2 Å². The summed E-state index contributed by atoms with van der Waals surface area (Å²) in [6.45, 7) is 5.67. The van der Waals surface area contributed by atoms with E-state index in [1.54, 1.807) is 67.6 Å². The molecule has 0 spiro atoms. The van der Waals surface area contributed by atoms with Crippen molar-refractivity contribution >= 4 is 50.7 Å². The lowest BCUT2D eigenvalue weighted by molar-refractivity contribution is -0.139. The third-order valence-electron chi connectivity index (χ3n) is 6.43. The predicted octanol–water partition coefficient (Wildman–Crippen LogP) is 5.92. The molecule has 0 fully saturated rings. The third-order valence-corrected chi connectivity index (χ3v) is 8.93. The average Bonchev–Trinajstić information content (AvgIpc) is 2.96. The normalized spacial score (nSPS) is 11.9. The molecule has 1 N–H and O–H groups in total. The fourth-order valence-electron chi connectivity index (χ4n) is 4.10. The molecule has 0 aliphatic heterocycles. The van der Waals surface area contributed by atoms with Gasteiger partial charge in [-0.15, -0.1) is 0 Å². The lowest BCUT2D eigenvalue weighted by Gasteiger charge is -2.32. The van der Waals surface area contributed by atoms with Gasteiger partial charge in [-0.3, -0.25) is 13.9 Å². The van der Waals surface area contributed by atoms with Crippen LogP contribution in [0.15, 0.2) is 77.7 Å². The standard InChI is InChI=1S/C30H35Cl2N3O5S/c1-4-6-19-33-30(37)22(3)34(20-26-27(31)13-10-14-28(26)32)29(36)21-35(23-11-8-7-9-12-23)41(38,39)25-17-15-24(16-18-25)40-5-2/h7-18,22H,4-6,19-21H2,1-3H3,(H,33,37)/t22-/m0/s1. The van der Waals surface area contributed by atoms with Gasteiger partial charge >= 0.3 is 0 Å². The van der Waals surface area contributed by atoms with Crippen LogP contribution in [0.4, 0.5) is 5.69 Å². The number of para-hydroxylation sites is 1. The highest BCUT2D eigenvalue weighted by Gasteiger charge is 2.33. The number of halogens is 2. The Labute approximate surface area is 252 Å². The first kappa shape index (κ1) is 32.2. The Bertz CT molecular complexity index is 1400. The summed E-state index contributed by atoms with van der Waals surface area (Å²) in [5, 5.41) is 3.51. The molecule has 0 saturated carbocycles. The monoisotopic (exact) mass is 619 g/mol. The van der Waals surface area contributed by atoms with Crippen LogP contribution in [0, 0.1) is 0 Å². The Morgan fingerprint density at radius 2 is 1.56 bits per heavy atom. The zero-order chi connectivity index (χ0) is 30.0. The lowest BCUT2D eigenvalue weighted by atomic mass is 10.1. The summed E-state index contributed by atoms with van der Waals surface area (Å²) in [5.74, 6) is -0.437. The summed E-state index contributed by atoms with van der Waals surface area (Å²) in [4.78, 5) is 28.3. The molecule has 41 heavy (non-hydrogen) atoms. The van der Waals surface area contributed by atoms with Crippen LogP contribution in [0.25, 0.3) is 0 Å². The molecular weight excluding hydrogens is 585 g/mol. The smallest absolute Gasteiger partial charge is 0.264 e. The number of nitrogens with one attached hydrogen (secondary N) is 1. The largest absolute Gasteiger partial charge is 0.494 e. The number of carbonyl (C=O) groups is 2. The first-order valence-corrected chi connectivity index (χ1v) is 15.6. The van der Waals surface area contributed by atoms with Crippen LogP contribution in [-0.2, 0) is 26.2 Å². The van der Waals surface area contributed by atoms with E-state index in [0.29, 0.717) is 40.2 Å². The molecule has 0 aliphatic rings. The Morgan fingerprint density at radius 3 is 2.15 bits per heavy atom. The van der Waals surface area contributed by atoms with E-state index in [2.05, 4.69) is 5.32 Å². The number of carbonyl (C=O) groups excluding carboxylic acids is 2. The van der Waals surface area contributed by atoms with E-state index in [0.717, 1.165) is 17.1 Å². The number of ether oxygens (including phenoxy) is 1. The van der Waals surface area contributed by atoms with Crippen LogP contribution >= 0.6 is 23.2 Å². The fourth-order valence-corrected chi connectivity index (χ4v) is 6.03. The van der Waals surface area contributed by atoms with E-state index in [1.807, 2.05) is 13.8 Å². The molecule has 3 rings (SSSR count). The molecule has 3 aromatic rings. The van der Waals surface area contributed by atoms with E-state index in [9.17, 15) is 18.0 Å². The quantitative estimate of drug-likeness (QED) is 0.226. The van der Waals surface area contributed by atoms with Crippen LogP contribution in [0.2, 0.25) is 10.0 Å². The predicted molar refractivity (Wildman–Crippen MR) is 163 cm³/mol. The van der Waals surface area contributed by atoms with Gasteiger partial charge in [-0.05, 0) is 68.8 Å². The van der Waals surface area contributed by atoms with Crippen molar-refractivity contribution in [3.8, 4) is 5.75 Å². The molecule has 220 valence electrons. The molecule has 0 heterocycles. The van der Waals surface area contributed by atoms with Crippen molar-refractivity contribution in [3.05, 3.63) is 88.4 Å². The molecule has 1 atom stereocenters. The second kappa shape index (κ2) is 15.1. The maximum Gasteiger partial charge on any atom is 0.264 e. The van der Waals surface area contributed by atoms with Crippen molar-refractivity contribution in [1.29, 1.82) is 0 Å². The number of rotatable bonds is 14. The minimum atomic E-state index is -4.19. The van der Waals surface area contributed by atoms with Crippen molar-refractivity contribution in [3.63, 3.8) is 0 Å². The van der Waals surface area contributed by atoms with Crippen molar-refractivity contribution < 1.29 is 22.7 Å². The highest BCUT2D eigenvalue weighted by Crippen LogP contribution is 2.28. The molecule has 0 bridgehead atoms. The Kier molecular flexibility index (Phi) is 11.9. The van der Waals surface area contributed by atoms with E-state index in [4.69, 9.17) is 27.9 Å². The molecule has 0 saturated heterocycles. The first-order valence-electron chi connectivity index (χ1n) is 13.4. The first-order chi connectivity index (χ1) is 19.6. The number of unbranched alkanes of at least 4 members (excludes halogenated alkanes) is 1. The molecule has 8 nitrogen and oxygen atoms in total. The topological polar surface area (TPSA) is 96.0 Å². The molecule has 0 unspecified atom stereocenters. The summed E-state index contributed by atoms with van der Waals surface area (Å²) in [6, 6.07) is 18.4. The maximum atomic E-state index is 14.0. The average molecular weight is 621 g/mol. The number of hydrogen-bond donors (Lipinski definition) is 1. The van der Waals surface area contributed by atoms with E-state index in [1.165, 1.54) is 17.0 Å². The lowest BCUT2D eigenvalue weighted by Crippen LogP contribution is -2.51. The number of nitrogens with zero attached hydrogens (tertiary/aromatic N) is 2. The van der Waals surface area contributed by atoms with Gasteiger partial charge in [-0.2, -0.15) is 0 Å². The second-order valence-corrected chi connectivity index (χ2v) is 12.0. The van der Waals surface area contributed by atoms with Gasteiger partial charge < -0.3 is 15.0 Å². The fraction of sp³-hybridized carbons (Fsp3) is 0.333. The van der Waals surface area contributed by atoms with E-state index in [-0.39, 0.29) is 17.3 Å². The minimum Gasteiger partial charge on any atom is -0.494 e. The highest BCUT2D eigenvalue weighted by atomic mass is 35.5. The SMILES string of the molecule is CCCCNC(=O)[C@H](C)N(Cc1c(Cl)cccc1Cl)C(=O)CN(c1ccccc1)S(=O)(=O)c1ccc(OCC)cc1. The number of amides is 2. The summed E-state index contributed by atoms with van der Waals surface area (Å²) in [7, 11) is -4.19. The van der Waals surface area contributed by atoms with E-state index >= 15 is 0 Å². The number of hydrogen-bond acceptors (Lipinski definition) is 5. The van der Waals surface area contributed by atoms with Crippen LogP contribution in [0.1, 0.15) is 39.2 Å². The van der Waals surface area contributed by atoms with Gasteiger partial charge in [0.2, 0.25) is 11.8 Å². The summed E-state index contributed by atoms with van der Waals surface area (Å²) in [5.41, 5.74) is 0.753. The molecule has 0 aromatic heterocycles. The molecule has 2 amide bonds. The van der Waals surface area contributed by atoms with Crippen molar-refractivity contribution in [2.45, 2.75) is 51.1 Å². The van der Waals surface area contributed by atoms with Crippen molar-refractivity contribution in [2.24, 2.45) is 0 Å². The Morgan fingerprint density at radius 1 is 0.927 bits per heavy atom. The third kappa shape index (κ3) is 8.38. The molecular formula is C30H35Cl2N3O5S. The number of anilines is 1. The second-order valence-electron chi connectivity index (χ2n) is 9.29. The zero-order valence-corrected chi connectivity index (χ0v) is 25.7. The Hall–Kier alpha value is -3.27. The molecule has 0 radical (unpaired) electrons. The Balaban J connectivity index is 2.00. The molecule has 11 heteroatoms. The van der Waals surface area contributed by atoms with E-state index < -0.39 is 28.5 Å². The van der Waals surface area contributed by atoms with Crippen molar-refractivity contribution in [2.75, 3.05) is 24.0 Å². The van der Waals surface area contributed by atoms with Gasteiger partial charge in [0, 0.05) is 28.7 Å². The number of sulfonamides is 1. The van der Waals surface area contributed by atoms with Gasteiger partial charge in [0.05, 0.1) is 17.2 Å². The van der Waals surface area contributed by atoms with Crippen LogP contribution in [-0.4, -0.2) is 50.9 Å². The highest BCUT2D eigenvalue weighted by molar-refractivity contribution is 7.92. The van der Waals surface area contributed by atoms with Gasteiger partial charge in [-0.1, -0.05) is 60.8 Å². The molecule has 3 aromatic carbocycles. The number of benzene rings is 3. The van der Waals surface area contributed by atoms with Crippen LogP contribution in [0.3, 0.4) is 0 Å². The summed E-state index contributed by atoms with van der Waals surface area (Å²) < 4.78 is 34.3. The van der Waals surface area contributed by atoms with Gasteiger partial charge in [0.25, 0.3) is 10.0 Å². The van der Waals surface area contributed by atoms with Gasteiger partial charge in [0.15, 0.2) is 0 Å².